The zero-order chi connectivity index (χ0) is 16.2. The Hall–Kier alpha value is -2.03. The fourth-order valence-corrected chi connectivity index (χ4v) is 3.33. The molecule has 0 aromatic carbocycles. The van der Waals surface area contributed by atoms with E-state index in [0.29, 0.717) is 18.5 Å². The summed E-state index contributed by atoms with van der Waals surface area (Å²) in [6, 6.07) is 2.57. The summed E-state index contributed by atoms with van der Waals surface area (Å²) in [4.78, 5) is 12.0. The summed E-state index contributed by atoms with van der Waals surface area (Å²) in [5.41, 5.74) is 0.739. The number of hydrogen-bond donors (Lipinski definition) is 2. The number of nitriles is 1. The zero-order valence-electron chi connectivity index (χ0n) is 13.7. The summed E-state index contributed by atoms with van der Waals surface area (Å²) in [6.45, 7) is 2.85. The van der Waals surface area contributed by atoms with E-state index < -0.39 is 0 Å². The van der Waals surface area contributed by atoms with Gasteiger partial charge in [0.25, 0.3) is 0 Å². The van der Waals surface area contributed by atoms with Crippen molar-refractivity contribution in [1.82, 2.24) is 15.1 Å². The van der Waals surface area contributed by atoms with Crippen molar-refractivity contribution in [3.05, 3.63) is 12.4 Å². The van der Waals surface area contributed by atoms with Gasteiger partial charge in [-0.3, -0.25) is 4.68 Å². The highest BCUT2D eigenvalue weighted by atomic mass is 16.2. The predicted molar refractivity (Wildman–Crippen MR) is 87.7 cm³/mol. The van der Waals surface area contributed by atoms with Gasteiger partial charge in [-0.25, -0.2) is 4.79 Å². The number of rotatable bonds is 5. The van der Waals surface area contributed by atoms with Gasteiger partial charge >= 0.3 is 6.03 Å². The minimum Gasteiger partial charge on any atom is -0.338 e. The van der Waals surface area contributed by atoms with Crippen LogP contribution >= 0.6 is 0 Å². The number of anilines is 1. The summed E-state index contributed by atoms with van der Waals surface area (Å²) >= 11 is 0. The number of carbonyl (C=O) groups is 1. The Kier molecular flexibility index (Phi) is 4.85. The van der Waals surface area contributed by atoms with Gasteiger partial charge in [0.05, 0.1) is 24.0 Å². The first-order valence-corrected chi connectivity index (χ1v) is 8.64. The second-order valence-electron chi connectivity index (χ2n) is 6.97. The lowest BCUT2D eigenvalue weighted by Crippen LogP contribution is -2.34. The molecular formula is C17H25N5O. The molecule has 2 saturated carbocycles. The van der Waals surface area contributed by atoms with Crippen molar-refractivity contribution >= 4 is 11.7 Å². The van der Waals surface area contributed by atoms with E-state index in [4.69, 9.17) is 5.26 Å². The van der Waals surface area contributed by atoms with E-state index in [1.165, 1.54) is 12.8 Å². The molecule has 0 saturated heterocycles. The first kappa shape index (κ1) is 15.9. The topological polar surface area (TPSA) is 82.7 Å². The molecule has 0 aliphatic heterocycles. The Morgan fingerprint density at radius 3 is 2.78 bits per heavy atom. The molecule has 1 atom stereocenters. The first-order chi connectivity index (χ1) is 11.2. The Morgan fingerprint density at radius 1 is 1.39 bits per heavy atom. The smallest absolute Gasteiger partial charge is 0.319 e. The molecule has 3 rings (SSSR count). The van der Waals surface area contributed by atoms with E-state index in [1.54, 1.807) is 6.20 Å². The molecule has 2 amide bonds. The lowest BCUT2D eigenvalue weighted by Gasteiger charge is -2.24. The molecule has 6 heteroatoms. The van der Waals surface area contributed by atoms with Gasteiger partial charge < -0.3 is 10.6 Å². The molecule has 2 aliphatic carbocycles. The monoisotopic (exact) mass is 315 g/mol. The van der Waals surface area contributed by atoms with Crippen LogP contribution < -0.4 is 10.6 Å². The molecule has 1 unspecified atom stereocenters. The molecular weight excluding hydrogens is 290 g/mol. The molecule has 1 aromatic rings. The second kappa shape index (κ2) is 7.03. The van der Waals surface area contributed by atoms with Gasteiger partial charge in [-0.05, 0) is 57.3 Å². The minimum absolute atomic E-state index is 0.175. The highest BCUT2D eigenvalue weighted by Crippen LogP contribution is 2.39. The summed E-state index contributed by atoms with van der Waals surface area (Å²) in [5, 5.41) is 19.0. The predicted octanol–water partition coefficient (Wildman–Crippen LogP) is 3.31. The Morgan fingerprint density at radius 2 is 2.13 bits per heavy atom. The van der Waals surface area contributed by atoms with E-state index >= 15 is 0 Å². The van der Waals surface area contributed by atoms with E-state index in [1.807, 2.05) is 10.9 Å². The third-order valence-electron chi connectivity index (χ3n) is 5.16. The summed E-state index contributed by atoms with van der Waals surface area (Å²) in [6.07, 6.45) is 10.1. The lowest BCUT2D eigenvalue weighted by atomic mass is 9.83. The van der Waals surface area contributed by atoms with Crippen molar-refractivity contribution in [3.8, 4) is 6.07 Å². The highest BCUT2D eigenvalue weighted by Gasteiger charge is 2.29. The molecule has 6 nitrogen and oxygen atoms in total. The van der Waals surface area contributed by atoms with Crippen molar-refractivity contribution < 1.29 is 4.79 Å². The highest BCUT2D eigenvalue weighted by molar-refractivity contribution is 5.88. The van der Waals surface area contributed by atoms with E-state index in [-0.39, 0.29) is 11.9 Å². The third kappa shape index (κ3) is 4.25. The second-order valence-corrected chi connectivity index (χ2v) is 6.97. The number of nitrogens with zero attached hydrogens (tertiary/aromatic N) is 3. The third-order valence-corrected chi connectivity index (χ3v) is 5.16. The van der Waals surface area contributed by atoms with Gasteiger partial charge in [-0.1, -0.05) is 0 Å². The molecule has 124 valence electrons. The normalized spacial score (nSPS) is 25.4. The zero-order valence-corrected chi connectivity index (χ0v) is 13.7. The number of amides is 2. The van der Waals surface area contributed by atoms with Gasteiger partial charge in [0.1, 0.15) is 0 Å². The first-order valence-electron chi connectivity index (χ1n) is 8.64. The molecule has 2 aliphatic rings. The summed E-state index contributed by atoms with van der Waals surface area (Å²) in [5.74, 6) is 1.43. The lowest BCUT2D eigenvalue weighted by molar-refractivity contribution is 0.245. The van der Waals surface area contributed by atoms with Gasteiger partial charge in [0.15, 0.2) is 0 Å². The number of aromatic nitrogens is 2. The fraction of sp³-hybridized carbons (Fsp3) is 0.706. The van der Waals surface area contributed by atoms with Crippen LogP contribution in [0.3, 0.4) is 0 Å². The van der Waals surface area contributed by atoms with Crippen molar-refractivity contribution in [1.29, 1.82) is 5.26 Å². The number of nitrogens with one attached hydrogen (secondary N) is 2. The molecule has 1 aromatic heterocycles. The number of urea groups is 1. The van der Waals surface area contributed by atoms with Crippen LogP contribution in [-0.2, 0) is 0 Å². The molecule has 2 N–H and O–H groups in total. The maximum Gasteiger partial charge on any atom is 0.319 e. The average Bonchev–Trinajstić information content (AvgIpc) is 3.32. The molecule has 0 radical (unpaired) electrons. The van der Waals surface area contributed by atoms with Crippen LogP contribution in [0.4, 0.5) is 10.5 Å². The van der Waals surface area contributed by atoms with Crippen LogP contribution in [0.15, 0.2) is 12.4 Å². The van der Waals surface area contributed by atoms with Crippen molar-refractivity contribution in [3.63, 3.8) is 0 Å². The van der Waals surface area contributed by atoms with Crippen molar-refractivity contribution in [2.24, 2.45) is 17.8 Å². The Bertz CT molecular complexity index is 578. The SMILES string of the molecule is CC(C1CC1)n1cc(NC(=O)NCC2CCC(C#N)CC2)cn1. The summed E-state index contributed by atoms with van der Waals surface area (Å²) < 4.78 is 1.94. The molecule has 23 heavy (non-hydrogen) atoms. The average molecular weight is 315 g/mol. The van der Waals surface area contributed by atoms with Crippen LogP contribution in [0.1, 0.15) is 51.5 Å². The van der Waals surface area contributed by atoms with E-state index in [2.05, 4.69) is 28.7 Å². The fourth-order valence-electron chi connectivity index (χ4n) is 3.33. The largest absolute Gasteiger partial charge is 0.338 e. The number of carbonyl (C=O) groups excluding carboxylic acids is 1. The van der Waals surface area contributed by atoms with Crippen LogP contribution in [-0.4, -0.2) is 22.4 Å². The van der Waals surface area contributed by atoms with Gasteiger partial charge in [-0.2, -0.15) is 10.4 Å². The van der Waals surface area contributed by atoms with Crippen LogP contribution in [0.2, 0.25) is 0 Å². The van der Waals surface area contributed by atoms with Gasteiger partial charge in [-0.15, -0.1) is 0 Å². The standard InChI is InChI=1S/C17H25N5O/c1-12(15-6-7-15)22-11-16(10-20-22)21-17(23)19-9-14-4-2-13(8-18)3-5-14/h10-15H,2-7,9H2,1H3,(H2,19,21,23). The van der Waals surface area contributed by atoms with Gasteiger partial charge in [0, 0.05) is 18.7 Å². The van der Waals surface area contributed by atoms with Gasteiger partial charge in [0.2, 0.25) is 0 Å². The molecule has 0 spiro atoms. The molecule has 2 fully saturated rings. The molecule has 0 bridgehead atoms. The van der Waals surface area contributed by atoms with E-state index in [9.17, 15) is 4.79 Å². The Labute approximate surface area is 137 Å². The summed E-state index contributed by atoms with van der Waals surface area (Å²) in [7, 11) is 0. The minimum atomic E-state index is -0.175. The van der Waals surface area contributed by atoms with Crippen molar-refractivity contribution in [2.45, 2.75) is 51.5 Å². The van der Waals surface area contributed by atoms with E-state index in [0.717, 1.165) is 37.3 Å². The number of hydrogen-bond acceptors (Lipinski definition) is 3. The quantitative estimate of drug-likeness (QED) is 0.874. The van der Waals surface area contributed by atoms with Crippen molar-refractivity contribution in [2.75, 3.05) is 11.9 Å². The maximum atomic E-state index is 12.0. The molecule has 1 heterocycles. The Balaban J connectivity index is 1.40. The van der Waals surface area contributed by atoms with Crippen LogP contribution in [0.5, 0.6) is 0 Å². The van der Waals surface area contributed by atoms with Crippen LogP contribution in [0.25, 0.3) is 0 Å². The maximum absolute atomic E-state index is 12.0. The van der Waals surface area contributed by atoms with Crippen LogP contribution in [0, 0.1) is 29.1 Å².